The Labute approximate surface area is 109 Å². The van der Waals surface area contributed by atoms with E-state index in [0.29, 0.717) is 0 Å². The summed E-state index contributed by atoms with van der Waals surface area (Å²) < 4.78 is 5.70. The molecule has 1 unspecified atom stereocenters. The molecule has 0 aliphatic carbocycles. The summed E-state index contributed by atoms with van der Waals surface area (Å²) in [5, 5.41) is 0. The first-order valence-corrected chi connectivity index (χ1v) is 6.56. The van der Waals surface area contributed by atoms with Gasteiger partial charge < -0.3 is 4.74 Å². The number of ketones is 1. The second-order valence-corrected chi connectivity index (χ2v) is 5.12. The van der Waals surface area contributed by atoms with Crippen LogP contribution in [0.4, 0.5) is 0 Å². The minimum absolute atomic E-state index is 0.0822. The standard InChI is InChI=1S/C15H21NO2/c1-11-9-16(10-12(2)18-11)13(3)15(17)14-7-5-4-6-8-14/h4-8,11-13H,9-10H2,1-3H3/t11-,12+,13?. The van der Waals surface area contributed by atoms with E-state index in [1.807, 2.05) is 37.3 Å². The Balaban J connectivity index is 2.07. The SMILES string of the molecule is CC(C(=O)c1ccccc1)N1C[C@@H](C)O[C@@H](C)C1. The number of carbonyl (C=O) groups is 1. The number of rotatable bonds is 3. The quantitative estimate of drug-likeness (QED) is 0.768. The van der Waals surface area contributed by atoms with Crippen molar-refractivity contribution in [1.82, 2.24) is 4.90 Å². The maximum Gasteiger partial charge on any atom is 0.179 e. The first-order valence-electron chi connectivity index (χ1n) is 6.56. The molecule has 3 nitrogen and oxygen atoms in total. The highest BCUT2D eigenvalue weighted by Crippen LogP contribution is 2.16. The molecular weight excluding hydrogens is 226 g/mol. The zero-order valence-electron chi connectivity index (χ0n) is 11.3. The molecule has 3 heteroatoms. The van der Waals surface area contributed by atoms with E-state index in [-0.39, 0.29) is 24.0 Å². The summed E-state index contributed by atoms with van der Waals surface area (Å²) in [6, 6.07) is 9.43. The molecule has 0 bridgehead atoms. The molecule has 0 N–H and O–H groups in total. The van der Waals surface area contributed by atoms with Gasteiger partial charge in [-0.3, -0.25) is 9.69 Å². The predicted molar refractivity (Wildman–Crippen MR) is 71.8 cm³/mol. The number of Topliss-reactive ketones (excluding diaryl/α,β-unsaturated/α-hetero) is 1. The highest BCUT2D eigenvalue weighted by molar-refractivity contribution is 5.99. The van der Waals surface area contributed by atoms with Gasteiger partial charge in [-0.1, -0.05) is 30.3 Å². The van der Waals surface area contributed by atoms with Gasteiger partial charge in [-0.25, -0.2) is 0 Å². The van der Waals surface area contributed by atoms with Gasteiger partial charge >= 0.3 is 0 Å². The molecule has 1 fully saturated rings. The van der Waals surface area contributed by atoms with Gasteiger partial charge in [0.05, 0.1) is 18.2 Å². The summed E-state index contributed by atoms with van der Waals surface area (Å²) in [7, 11) is 0. The summed E-state index contributed by atoms with van der Waals surface area (Å²) in [6.45, 7) is 7.75. The van der Waals surface area contributed by atoms with Gasteiger partial charge in [-0.15, -0.1) is 0 Å². The number of hydrogen-bond donors (Lipinski definition) is 0. The third-order valence-electron chi connectivity index (χ3n) is 3.43. The highest BCUT2D eigenvalue weighted by atomic mass is 16.5. The minimum atomic E-state index is -0.0822. The van der Waals surface area contributed by atoms with Gasteiger partial charge in [0.25, 0.3) is 0 Å². The lowest BCUT2D eigenvalue weighted by molar-refractivity contribution is -0.0744. The molecule has 0 amide bonds. The van der Waals surface area contributed by atoms with Gasteiger partial charge in [0.2, 0.25) is 0 Å². The largest absolute Gasteiger partial charge is 0.373 e. The fourth-order valence-electron chi connectivity index (χ4n) is 2.54. The van der Waals surface area contributed by atoms with Crippen molar-refractivity contribution >= 4 is 5.78 Å². The van der Waals surface area contributed by atoms with E-state index in [0.717, 1.165) is 18.7 Å². The normalized spacial score (nSPS) is 26.8. The molecule has 2 rings (SSSR count). The molecule has 1 aromatic rings. The van der Waals surface area contributed by atoms with Crippen molar-refractivity contribution in [3.63, 3.8) is 0 Å². The summed E-state index contributed by atoms with van der Waals surface area (Å²) >= 11 is 0. The van der Waals surface area contributed by atoms with Gasteiger partial charge in [0.15, 0.2) is 5.78 Å². The molecule has 1 aliphatic rings. The molecule has 3 atom stereocenters. The average Bonchev–Trinajstić information content (AvgIpc) is 2.37. The maximum atomic E-state index is 12.4. The van der Waals surface area contributed by atoms with Crippen molar-refractivity contribution in [2.24, 2.45) is 0 Å². The van der Waals surface area contributed by atoms with Crippen molar-refractivity contribution in [3.8, 4) is 0 Å². The minimum Gasteiger partial charge on any atom is -0.373 e. The molecule has 18 heavy (non-hydrogen) atoms. The first-order chi connectivity index (χ1) is 8.58. The highest BCUT2D eigenvalue weighted by Gasteiger charge is 2.29. The Hall–Kier alpha value is -1.19. The number of nitrogens with zero attached hydrogens (tertiary/aromatic N) is 1. The van der Waals surface area contributed by atoms with Crippen LogP contribution < -0.4 is 0 Å². The molecule has 1 aliphatic heterocycles. The van der Waals surface area contributed by atoms with Gasteiger partial charge in [0.1, 0.15) is 0 Å². The Morgan fingerprint density at radius 1 is 1.22 bits per heavy atom. The van der Waals surface area contributed by atoms with Crippen LogP contribution in [-0.2, 0) is 4.74 Å². The third kappa shape index (κ3) is 2.98. The Morgan fingerprint density at radius 2 is 1.78 bits per heavy atom. The zero-order valence-corrected chi connectivity index (χ0v) is 11.3. The van der Waals surface area contributed by atoms with E-state index in [2.05, 4.69) is 18.7 Å². The zero-order chi connectivity index (χ0) is 13.1. The van der Waals surface area contributed by atoms with Crippen LogP contribution in [0.2, 0.25) is 0 Å². The van der Waals surface area contributed by atoms with Gasteiger partial charge in [-0.05, 0) is 20.8 Å². The lowest BCUT2D eigenvalue weighted by Gasteiger charge is -2.38. The molecule has 0 radical (unpaired) electrons. The molecule has 98 valence electrons. The number of morpholine rings is 1. The fraction of sp³-hybridized carbons (Fsp3) is 0.533. The third-order valence-corrected chi connectivity index (χ3v) is 3.43. The van der Waals surface area contributed by atoms with Crippen molar-refractivity contribution in [2.45, 2.75) is 39.0 Å². The Bertz CT molecular complexity index is 394. The smallest absolute Gasteiger partial charge is 0.179 e. The number of carbonyl (C=O) groups excluding carboxylic acids is 1. The molecule has 0 spiro atoms. The molecule has 0 saturated carbocycles. The maximum absolute atomic E-state index is 12.4. The lowest BCUT2D eigenvalue weighted by Crippen LogP contribution is -2.51. The van der Waals surface area contributed by atoms with Crippen LogP contribution in [0.25, 0.3) is 0 Å². The summed E-state index contributed by atoms with van der Waals surface area (Å²) in [5.41, 5.74) is 0.789. The van der Waals surface area contributed by atoms with E-state index in [1.165, 1.54) is 0 Å². The second-order valence-electron chi connectivity index (χ2n) is 5.12. The van der Waals surface area contributed by atoms with Crippen molar-refractivity contribution in [3.05, 3.63) is 35.9 Å². The average molecular weight is 247 g/mol. The van der Waals surface area contributed by atoms with Gasteiger partial charge in [-0.2, -0.15) is 0 Å². The number of ether oxygens (including phenoxy) is 1. The number of benzene rings is 1. The Kier molecular flexibility index (Phi) is 4.15. The molecular formula is C15H21NO2. The monoisotopic (exact) mass is 247 g/mol. The summed E-state index contributed by atoms with van der Waals surface area (Å²) in [4.78, 5) is 14.6. The van der Waals surface area contributed by atoms with Crippen molar-refractivity contribution in [1.29, 1.82) is 0 Å². The summed E-state index contributed by atoms with van der Waals surface area (Å²) in [5.74, 6) is 0.192. The lowest BCUT2D eigenvalue weighted by atomic mass is 10.0. The van der Waals surface area contributed by atoms with Crippen LogP contribution in [0.3, 0.4) is 0 Å². The molecule has 0 aromatic heterocycles. The summed E-state index contributed by atoms with van der Waals surface area (Å²) in [6.07, 6.45) is 0.388. The molecule has 1 heterocycles. The van der Waals surface area contributed by atoms with Crippen LogP contribution in [0, 0.1) is 0 Å². The van der Waals surface area contributed by atoms with Crippen LogP contribution in [-0.4, -0.2) is 42.0 Å². The fourth-order valence-corrected chi connectivity index (χ4v) is 2.54. The van der Waals surface area contributed by atoms with Crippen LogP contribution in [0.1, 0.15) is 31.1 Å². The second kappa shape index (κ2) is 5.63. The van der Waals surface area contributed by atoms with Crippen LogP contribution in [0.15, 0.2) is 30.3 Å². The predicted octanol–water partition coefficient (Wildman–Crippen LogP) is 2.37. The van der Waals surface area contributed by atoms with Crippen molar-refractivity contribution < 1.29 is 9.53 Å². The van der Waals surface area contributed by atoms with E-state index in [1.54, 1.807) is 0 Å². The van der Waals surface area contributed by atoms with E-state index >= 15 is 0 Å². The first kappa shape index (κ1) is 13.2. The van der Waals surface area contributed by atoms with E-state index in [4.69, 9.17) is 4.74 Å². The molecule has 1 saturated heterocycles. The van der Waals surface area contributed by atoms with Crippen LogP contribution in [0.5, 0.6) is 0 Å². The van der Waals surface area contributed by atoms with Gasteiger partial charge in [0, 0.05) is 18.7 Å². The van der Waals surface area contributed by atoms with Crippen LogP contribution >= 0.6 is 0 Å². The van der Waals surface area contributed by atoms with E-state index < -0.39 is 0 Å². The number of hydrogen-bond acceptors (Lipinski definition) is 3. The van der Waals surface area contributed by atoms with Crippen molar-refractivity contribution in [2.75, 3.05) is 13.1 Å². The topological polar surface area (TPSA) is 29.5 Å². The Morgan fingerprint density at radius 3 is 2.33 bits per heavy atom. The van der Waals surface area contributed by atoms with E-state index in [9.17, 15) is 4.79 Å². The molecule has 1 aromatic carbocycles.